The third kappa shape index (κ3) is 3.34. The van der Waals surface area contributed by atoms with Crippen LogP contribution in [-0.2, 0) is 0 Å². The van der Waals surface area contributed by atoms with Crippen LogP contribution in [0.3, 0.4) is 0 Å². The van der Waals surface area contributed by atoms with Gasteiger partial charge in [0, 0.05) is 20.6 Å². The van der Waals surface area contributed by atoms with Gasteiger partial charge in [-0.3, -0.25) is 0 Å². The Kier molecular flexibility index (Phi) is 5.07. The first-order valence-corrected chi connectivity index (χ1v) is 8.45. The molecule has 0 atom stereocenters. The van der Waals surface area contributed by atoms with E-state index in [4.69, 9.17) is 18.0 Å². The van der Waals surface area contributed by atoms with Crippen molar-refractivity contribution in [3.8, 4) is 0 Å². The third-order valence-corrected chi connectivity index (χ3v) is 4.53. The van der Waals surface area contributed by atoms with Gasteiger partial charge in [0.2, 0.25) is 0 Å². The first-order valence-electron chi connectivity index (χ1n) is 6.03. The van der Waals surface area contributed by atoms with Gasteiger partial charge in [0.15, 0.2) is 0 Å². The topological polar surface area (TPSA) is 38.0 Å². The maximum absolute atomic E-state index is 5.87. The largest absolute Gasteiger partial charge is 0.389 e. The molecule has 2 nitrogen and oxygen atoms in total. The highest BCUT2D eigenvalue weighted by molar-refractivity contribution is 9.10. The number of hydrogen-bond donors (Lipinski definition) is 2. The van der Waals surface area contributed by atoms with E-state index in [0.717, 1.165) is 26.3 Å². The highest BCUT2D eigenvalue weighted by Crippen LogP contribution is 2.32. The van der Waals surface area contributed by atoms with E-state index in [1.807, 2.05) is 30.5 Å². The zero-order valence-corrected chi connectivity index (χ0v) is 14.5. The number of thiocarbonyl (C=S) groups is 1. The quantitative estimate of drug-likeness (QED) is 0.598. The van der Waals surface area contributed by atoms with Gasteiger partial charge in [-0.15, -0.1) is 11.8 Å². The number of aryl methyl sites for hydroxylation is 1. The highest BCUT2D eigenvalue weighted by Gasteiger charge is 2.11. The second-order valence-corrected chi connectivity index (χ2v) is 6.50. The van der Waals surface area contributed by atoms with Gasteiger partial charge >= 0.3 is 0 Å². The summed E-state index contributed by atoms with van der Waals surface area (Å²) in [5.41, 5.74) is 9.88. The number of benzene rings is 2. The molecule has 0 saturated carbocycles. The Balaban J connectivity index is 2.45. The summed E-state index contributed by atoms with van der Waals surface area (Å²) in [4.78, 5) is 1.48. The average Bonchev–Trinajstić information content (AvgIpc) is 2.41. The first kappa shape index (κ1) is 15.4. The molecule has 2 rings (SSSR count). The molecule has 0 aromatic heterocycles. The van der Waals surface area contributed by atoms with Gasteiger partial charge in [0.1, 0.15) is 4.99 Å². The minimum Gasteiger partial charge on any atom is -0.389 e. The zero-order valence-electron chi connectivity index (χ0n) is 11.2. The lowest BCUT2D eigenvalue weighted by Gasteiger charge is -2.15. The van der Waals surface area contributed by atoms with Crippen molar-refractivity contribution >= 4 is 56.3 Å². The van der Waals surface area contributed by atoms with Crippen molar-refractivity contribution in [2.45, 2.75) is 11.8 Å². The monoisotopic (exact) mass is 366 g/mol. The van der Waals surface area contributed by atoms with Gasteiger partial charge in [-0.2, -0.15) is 0 Å². The minimum absolute atomic E-state index is 0.403. The second-order valence-electron chi connectivity index (χ2n) is 4.36. The molecule has 0 aliphatic heterocycles. The van der Waals surface area contributed by atoms with Crippen molar-refractivity contribution in [2.75, 3.05) is 11.6 Å². The summed E-state index contributed by atoms with van der Waals surface area (Å²) < 4.78 is 1.01. The van der Waals surface area contributed by atoms with E-state index in [2.05, 4.69) is 40.3 Å². The summed E-state index contributed by atoms with van der Waals surface area (Å²) in [6, 6.07) is 12.2. The second kappa shape index (κ2) is 6.61. The fourth-order valence-corrected chi connectivity index (χ4v) is 3.44. The summed E-state index contributed by atoms with van der Waals surface area (Å²) >= 11 is 10.4. The van der Waals surface area contributed by atoms with Crippen LogP contribution in [-0.4, -0.2) is 11.2 Å². The number of halogens is 1. The Labute approximate surface area is 137 Å². The minimum atomic E-state index is 0.403. The van der Waals surface area contributed by atoms with E-state index in [1.54, 1.807) is 11.8 Å². The Hall–Kier alpha value is -1.04. The molecule has 0 heterocycles. The van der Waals surface area contributed by atoms with Gasteiger partial charge in [-0.05, 0) is 58.9 Å². The molecule has 0 radical (unpaired) electrons. The van der Waals surface area contributed by atoms with E-state index < -0.39 is 0 Å². The van der Waals surface area contributed by atoms with Crippen LogP contribution in [0.5, 0.6) is 0 Å². The summed E-state index contributed by atoms with van der Waals surface area (Å²) in [7, 11) is 0. The van der Waals surface area contributed by atoms with Crippen LogP contribution in [0, 0.1) is 6.92 Å². The molecular weight excluding hydrogens is 352 g/mol. The van der Waals surface area contributed by atoms with Crippen LogP contribution in [0.2, 0.25) is 0 Å². The SMILES string of the molecule is CSc1cccc(Nc2ccc(C)cc2Br)c1C(N)=S. The van der Waals surface area contributed by atoms with E-state index >= 15 is 0 Å². The summed E-state index contributed by atoms with van der Waals surface area (Å²) in [6.07, 6.45) is 2.02. The van der Waals surface area contributed by atoms with Crippen LogP contribution in [0.1, 0.15) is 11.1 Å². The Morgan fingerprint density at radius 3 is 2.60 bits per heavy atom. The molecule has 0 aliphatic carbocycles. The standard InChI is InChI=1S/C15H15BrN2S2/c1-9-6-7-11(10(16)8-9)18-12-4-3-5-13(20-2)14(12)15(17)19/h3-8,18H,1-2H3,(H2,17,19). The lowest BCUT2D eigenvalue weighted by molar-refractivity contribution is 1.38. The number of nitrogens with one attached hydrogen (secondary N) is 1. The van der Waals surface area contributed by atoms with Crippen molar-refractivity contribution in [1.29, 1.82) is 0 Å². The van der Waals surface area contributed by atoms with Crippen LogP contribution < -0.4 is 11.1 Å². The Morgan fingerprint density at radius 1 is 1.25 bits per heavy atom. The van der Waals surface area contributed by atoms with Crippen LogP contribution in [0.4, 0.5) is 11.4 Å². The third-order valence-electron chi connectivity index (χ3n) is 2.89. The van der Waals surface area contributed by atoms with E-state index in [9.17, 15) is 0 Å². The van der Waals surface area contributed by atoms with Crippen LogP contribution >= 0.6 is 39.9 Å². The molecule has 0 bridgehead atoms. The lowest BCUT2D eigenvalue weighted by atomic mass is 10.1. The fraction of sp³-hybridized carbons (Fsp3) is 0.133. The van der Waals surface area contributed by atoms with Gasteiger partial charge in [-0.1, -0.05) is 24.4 Å². The van der Waals surface area contributed by atoms with Crippen molar-refractivity contribution < 1.29 is 0 Å². The van der Waals surface area contributed by atoms with E-state index in [0.29, 0.717) is 4.99 Å². The van der Waals surface area contributed by atoms with Gasteiger partial charge < -0.3 is 11.1 Å². The van der Waals surface area contributed by atoms with E-state index in [1.165, 1.54) is 5.56 Å². The number of hydrogen-bond acceptors (Lipinski definition) is 3. The molecular formula is C15H15BrN2S2. The van der Waals surface area contributed by atoms with Gasteiger partial charge in [0.05, 0.1) is 5.69 Å². The molecule has 3 N–H and O–H groups in total. The first-order chi connectivity index (χ1) is 9.52. The lowest BCUT2D eigenvalue weighted by Crippen LogP contribution is -2.13. The highest BCUT2D eigenvalue weighted by atomic mass is 79.9. The summed E-state index contributed by atoms with van der Waals surface area (Å²) in [6.45, 7) is 2.06. The molecule has 0 aliphatic rings. The van der Waals surface area contributed by atoms with E-state index in [-0.39, 0.29) is 0 Å². The Morgan fingerprint density at radius 2 is 2.00 bits per heavy atom. The van der Waals surface area contributed by atoms with Crippen molar-refractivity contribution in [2.24, 2.45) is 5.73 Å². The molecule has 5 heteroatoms. The number of nitrogens with two attached hydrogens (primary N) is 1. The van der Waals surface area contributed by atoms with Crippen molar-refractivity contribution in [3.05, 3.63) is 52.0 Å². The molecule has 0 fully saturated rings. The van der Waals surface area contributed by atoms with Crippen molar-refractivity contribution in [3.63, 3.8) is 0 Å². The summed E-state index contributed by atoms with van der Waals surface area (Å²) in [5, 5.41) is 3.40. The van der Waals surface area contributed by atoms with Gasteiger partial charge in [0.25, 0.3) is 0 Å². The molecule has 0 saturated heterocycles. The molecule has 104 valence electrons. The molecule has 2 aromatic rings. The number of anilines is 2. The van der Waals surface area contributed by atoms with Crippen LogP contribution in [0.15, 0.2) is 45.8 Å². The van der Waals surface area contributed by atoms with Gasteiger partial charge in [-0.25, -0.2) is 0 Å². The molecule has 0 unspecified atom stereocenters. The Bertz CT molecular complexity index is 656. The zero-order chi connectivity index (χ0) is 14.7. The smallest absolute Gasteiger partial charge is 0.107 e. The van der Waals surface area contributed by atoms with Crippen molar-refractivity contribution in [1.82, 2.24) is 0 Å². The molecule has 2 aromatic carbocycles. The maximum atomic E-state index is 5.87. The fourth-order valence-electron chi connectivity index (χ4n) is 1.93. The predicted octanol–water partition coefficient (Wildman–Crippen LogP) is 4.86. The maximum Gasteiger partial charge on any atom is 0.107 e. The average molecular weight is 367 g/mol. The molecule has 0 amide bonds. The predicted molar refractivity (Wildman–Crippen MR) is 96.3 cm³/mol. The summed E-state index contributed by atoms with van der Waals surface area (Å²) in [5.74, 6) is 0. The number of thioether (sulfide) groups is 1. The normalized spacial score (nSPS) is 10.3. The number of rotatable bonds is 4. The molecule has 20 heavy (non-hydrogen) atoms. The van der Waals surface area contributed by atoms with Crippen LogP contribution in [0.25, 0.3) is 0 Å². The molecule has 0 spiro atoms.